The molecular weight excluding hydrogens is 589 g/mol. The Morgan fingerprint density at radius 3 is 2.39 bits per heavy atom. The number of hydrogen-bond donors (Lipinski definition) is 0. The highest BCUT2D eigenvalue weighted by Gasteiger charge is 2.32. The lowest BCUT2D eigenvalue weighted by molar-refractivity contribution is -0.113. The summed E-state index contributed by atoms with van der Waals surface area (Å²) in [4.78, 5) is 15.1. The van der Waals surface area contributed by atoms with Crippen molar-refractivity contribution in [3.63, 3.8) is 0 Å². The molecule has 0 saturated carbocycles. The van der Waals surface area contributed by atoms with E-state index in [2.05, 4.69) is 45.7 Å². The van der Waals surface area contributed by atoms with Crippen LogP contribution in [0.3, 0.4) is 0 Å². The second-order valence-electron chi connectivity index (χ2n) is 8.22. The van der Waals surface area contributed by atoms with Gasteiger partial charge in [-0.3, -0.25) is 4.79 Å². The molecule has 3 aromatic carbocycles. The SMILES string of the molecule is CC(C)CN1C(=O)/C(=C\c2cc(Br)c(OCc3ccc(Cl)cc3Cl)c(Br)c2)c2ccccc21. The van der Waals surface area contributed by atoms with E-state index >= 15 is 0 Å². The fourth-order valence-electron chi connectivity index (χ4n) is 3.75. The normalized spacial score (nSPS) is 14.3. The Morgan fingerprint density at radius 2 is 1.73 bits per heavy atom. The zero-order valence-corrected chi connectivity index (χ0v) is 22.7. The molecule has 0 saturated heterocycles. The largest absolute Gasteiger partial charge is 0.486 e. The number of nitrogens with zero attached hydrogens (tertiary/aromatic N) is 1. The minimum atomic E-state index is 0.0230. The Hall–Kier alpha value is -1.79. The average Bonchev–Trinajstić information content (AvgIpc) is 3.00. The van der Waals surface area contributed by atoms with E-state index < -0.39 is 0 Å². The van der Waals surface area contributed by atoms with Crippen molar-refractivity contribution in [2.75, 3.05) is 11.4 Å². The molecule has 3 nitrogen and oxygen atoms in total. The van der Waals surface area contributed by atoms with Crippen molar-refractivity contribution < 1.29 is 9.53 Å². The molecule has 0 atom stereocenters. The van der Waals surface area contributed by atoms with E-state index in [1.165, 1.54) is 0 Å². The highest BCUT2D eigenvalue weighted by atomic mass is 79.9. The van der Waals surface area contributed by atoms with Gasteiger partial charge in [0.15, 0.2) is 0 Å². The second-order valence-corrected chi connectivity index (χ2v) is 10.8. The summed E-state index contributed by atoms with van der Waals surface area (Å²) >= 11 is 19.5. The van der Waals surface area contributed by atoms with E-state index in [4.69, 9.17) is 27.9 Å². The van der Waals surface area contributed by atoms with Crippen LogP contribution in [0, 0.1) is 5.92 Å². The first-order valence-corrected chi connectivity index (χ1v) is 12.8. The number of anilines is 1. The number of hydrogen-bond acceptors (Lipinski definition) is 2. The van der Waals surface area contributed by atoms with Gasteiger partial charge in [-0.05, 0) is 79.7 Å². The predicted molar refractivity (Wildman–Crippen MR) is 144 cm³/mol. The molecule has 0 spiro atoms. The van der Waals surface area contributed by atoms with Gasteiger partial charge in [-0.2, -0.15) is 0 Å². The molecule has 0 radical (unpaired) electrons. The lowest BCUT2D eigenvalue weighted by Crippen LogP contribution is -2.30. The number of ether oxygens (including phenoxy) is 1. The summed E-state index contributed by atoms with van der Waals surface area (Å²) in [7, 11) is 0. The zero-order valence-electron chi connectivity index (χ0n) is 18.0. The molecule has 1 aliphatic rings. The number of benzene rings is 3. The maximum atomic E-state index is 13.2. The smallest absolute Gasteiger partial charge is 0.259 e. The third kappa shape index (κ3) is 5.32. The molecule has 0 unspecified atom stereocenters. The van der Waals surface area contributed by atoms with Gasteiger partial charge in [0.1, 0.15) is 12.4 Å². The predicted octanol–water partition coefficient (Wildman–Crippen LogP) is 8.64. The molecule has 0 aliphatic carbocycles. The van der Waals surface area contributed by atoms with Crippen LogP contribution >= 0.6 is 55.1 Å². The van der Waals surface area contributed by atoms with Crippen molar-refractivity contribution in [2.45, 2.75) is 20.5 Å². The van der Waals surface area contributed by atoms with Gasteiger partial charge in [0.25, 0.3) is 5.91 Å². The van der Waals surface area contributed by atoms with Gasteiger partial charge in [0.05, 0.1) is 14.6 Å². The van der Waals surface area contributed by atoms with Gasteiger partial charge < -0.3 is 9.64 Å². The molecule has 7 heteroatoms. The molecular formula is C26H21Br2Cl2NO2. The molecule has 0 aromatic heterocycles. The number of fused-ring (bicyclic) bond motifs is 1. The van der Waals surface area contributed by atoms with Gasteiger partial charge in [0.2, 0.25) is 0 Å². The molecule has 170 valence electrons. The molecule has 3 aromatic rings. The molecule has 33 heavy (non-hydrogen) atoms. The highest BCUT2D eigenvalue weighted by molar-refractivity contribution is 9.11. The van der Waals surface area contributed by atoms with Crippen molar-refractivity contribution in [2.24, 2.45) is 5.92 Å². The fourth-order valence-corrected chi connectivity index (χ4v) is 5.66. The molecule has 0 fully saturated rings. The number of carbonyl (C=O) groups excluding carboxylic acids is 1. The van der Waals surface area contributed by atoms with Crippen LogP contribution in [0.15, 0.2) is 63.5 Å². The lowest BCUT2D eigenvalue weighted by atomic mass is 10.0. The van der Waals surface area contributed by atoms with Crippen molar-refractivity contribution in [3.8, 4) is 5.75 Å². The van der Waals surface area contributed by atoms with Crippen LogP contribution in [0.25, 0.3) is 11.6 Å². The topological polar surface area (TPSA) is 29.5 Å². The third-order valence-electron chi connectivity index (χ3n) is 5.23. The minimum Gasteiger partial charge on any atom is -0.486 e. The maximum absolute atomic E-state index is 13.2. The quantitative estimate of drug-likeness (QED) is 0.262. The summed E-state index contributed by atoms with van der Waals surface area (Å²) in [5.74, 6) is 1.05. The van der Waals surface area contributed by atoms with Gasteiger partial charge in [-0.1, -0.05) is 61.3 Å². The van der Waals surface area contributed by atoms with E-state index in [1.54, 1.807) is 12.1 Å². The Bertz CT molecular complexity index is 1230. The molecule has 1 aliphatic heterocycles. The molecule has 4 rings (SSSR count). The summed E-state index contributed by atoms with van der Waals surface area (Å²) in [5.41, 5.74) is 4.32. The van der Waals surface area contributed by atoms with Crippen LogP contribution in [-0.4, -0.2) is 12.5 Å². The summed E-state index contributed by atoms with van der Waals surface area (Å²) in [6.45, 7) is 5.20. The second kappa shape index (κ2) is 10.2. The first-order chi connectivity index (χ1) is 15.7. The van der Waals surface area contributed by atoms with Crippen LogP contribution in [-0.2, 0) is 11.4 Å². The average molecular weight is 610 g/mol. The van der Waals surface area contributed by atoms with Crippen LogP contribution in [0.4, 0.5) is 5.69 Å². The number of halogens is 4. The van der Waals surface area contributed by atoms with E-state index in [0.29, 0.717) is 40.4 Å². The standard InChI is InChI=1S/C26H21Br2Cl2NO2/c1-15(2)13-31-24-6-4-3-5-19(24)20(26(31)32)9-16-10-21(27)25(22(28)11-16)33-14-17-7-8-18(29)12-23(17)30/h3-12,15H,13-14H2,1-2H3/b20-9-. The van der Waals surface area contributed by atoms with Gasteiger partial charge in [-0.25, -0.2) is 0 Å². The molecule has 1 amide bonds. The van der Waals surface area contributed by atoms with Crippen LogP contribution in [0.5, 0.6) is 5.75 Å². The first kappa shape index (κ1) is 24.3. The van der Waals surface area contributed by atoms with E-state index in [1.807, 2.05) is 53.4 Å². The van der Waals surface area contributed by atoms with Gasteiger partial charge in [0, 0.05) is 33.3 Å². The van der Waals surface area contributed by atoms with Crippen molar-refractivity contribution in [1.29, 1.82) is 0 Å². The summed E-state index contributed by atoms with van der Waals surface area (Å²) in [5, 5.41) is 1.14. The monoisotopic (exact) mass is 607 g/mol. The first-order valence-electron chi connectivity index (χ1n) is 10.4. The van der Waals surface area contributed by atoms with Crippen LogP contribution in [0.1, 0.15) is 30.5 Å². The number of para-hydroxylation sites is 1. The van der Waals surface area contributed by atoms with E-state index in [0.717, 1.165) is 31.3 Å². The maximum Gasteiger partial charge on any atom is 0.259 e. The molecule has 1 heterocycles. The van der Waals surface area contributed by atoms with Crippen molar-refractivity contribution >= 4 is 78.3 Å². The van der Waals surface area contributed by atoms with Crippen LogP contribution < -0.4 is 9.64 Å². The van der Waals surface area contributed by atoms with Crippen molar-refractivity contribution in [3.05, 3.63) is 90.3 Å². The Labute approximate surface area is 220 Å². The van der Waals surface area contributed by atoms with Gasteiger partial charge >= 0.3 is 0 Å². The highest BCUT2D eigenvalue weighted by Crippen LogP contribution is 2.40. The zero-order chi connectivity index (χ0) is 23.7. The summed E-state index contributed by atoms with van der Waals surface area (Å²) in [6.07, 6.45) is 1.93. The Kier molecular flexibility index (Phi) is 7.54. The Morgan fingerprint density at radius 1 is 1.03 bits per heavy atom. The lowest BCUT2D eigenvalue weighted by Gasteiger charge is -2.19. The Balaban J connectivity index is 1.62. The summed E-state index contributed by atoms with van der Waals surface area (Å²) < 4.78 is 7.56. The number of carbonyl (C=O) groups is 1. The summed E-state index contributed by atoms with van der Waals surface area (Å²) in [6, 6.07) is 17.1. The third-order valence-corrected chi connectivity index (χ3v) is 6.99. The minimum absolute atomic E-state index is 0.0230. The van der Waals surface area contributed by atoms with Gasteiger partial charge in [-0.15, -0.1) is 0 Å². The van der Waals surface area contributed by atoms with E-state index in [9.17, 15) is 4.79 Å². The van der Waals surface area contributed by atoms with Crippen LogP contribution in [0.2, 0.25) is 10.0 Å². The number of rotatable bonds is 6. The number of amides is 1. The molecule has 0 bridgehead atoms. The van der Waals surface area contributed by atoms with E-state index in [-0.39, 0.29) is 5.91 Å². The van der Waals surface area contributed by atoms with Crippen molar-refractivity contribution in [1.82, 2.24) is 0 Å². The fraction of sp³-hybridized carbons (Fsp3) is 0.192. The molecule has 0 N–H and O–H groups in total.